The molecule has 0 aliphatic heterocycles. The number of nitrogens with zero attached hydrogens (tertiary/aromatic N) is 1. The Hall–Kier alpha value is -1.91. The molecule has 0 amide bonds. The summed E-state index contributed by atoms with van der Waals surface area (Å²) in [6.07, 6.45) is 1.73. The summed E-state index contributed by atoms with van der Waals surface area (Å²) in [4.78, 5) is 4.33. The molecule has 0 saturated carbocycles. The van der Waals surface area contributed by atoms with E-state index in [4.69, 9.17) is 10.6 Å². The third-order valence-corrected chi connectivity index (χ3v) is 2.59. The normalized spacial score (nSPS) is 12.1. The lowest BCUT2D eigenvalue weighted by molar-refractivity contribution is 0.400. The third-order valence-electron chi connectivity index (χ3n) is 2.59. The SMILES string of the molecule is COc1cccnc1C(NN)c1ccccc1. The monoisotopic (exact) mass is 229 g/mol. The zero-order valence-corrected chi connectivity index (χ0v) is 9.63. The molecule has 17 heavy (non-hydrogen) atoms. The van der Waals surface area contributed by atoms with E-state index in [-0.39, 0.29) is 6.04 Å². The van der Waals surface area contributed by atoms with E-state index in [0.29, 0.717) is 0 Å². The van der Waals surface area contributed by atoms with Gasteiger partial charge >= 0.3 is 0 Å². The molecule has 1 atom stereocenters. The Bertz CT molecular complexity index is 473. The van der Waals surface area contributed by atoms with Crippen molar-refractivity contribution in [2.45, 2.75) is 6.04 Å². The molecule has 0 bridgehead atoms. The van der Waals surface area contributed by atoms with Crippen LogP contribution in [0.2, 0.25) is 0 Å². The summed E-state index contributed by atoms with van der Waals surface area (Å²) in [5.74, 6) is 6.34. The number of ether oxygens (including phenoxy) is 1. The Morgan fingerprint density at radius 3 is 2.59 bits per heavy atom. The van der Waals surface area contributed by atoms with Crippen LogP contribution in [0.5, 0.6) is 5.75 Å². The number of hydrazine groups is 1. The highest BCUT2D eigenvalue weighted by molar-refractivity contribution is 5.36. The molecule has 1 aromatic heterocycles. The van der Waals surface area contributed by atoms with Gasteiger partial charge in [0, 0.05) is 6.20 Å². The fourth-order valence-electron chi connectivity index (χ4n) is 1.77. The predicted molar refractivity (Wildman–Crippen MR) is 66.4 cm³/mol. The Kier molecular flexibility index (Phi) is 3.69. The minimum Gasteiger partial charge on any atom is -0.495 e. The van der Waals surface area contributed by atoms with Crippen molar-refractivity contribution in [3.63, 3.8) is 0 Å². The van der Waals surface area contributed by atoms with Crippen LogP contribution in [0.4, 0.5) is 0 Å². The summed E-state index contributed by atoms with van der Waals surface area (Å²) in [5, 5.41) is 0. The molecule has 3 N–H and O–H groups in total. The zero-order chi connectivity index (χ0) is 12.1. The fraction of sp³-hybridized carbons (Fsp3) is 0.154. The van der Waals surface area contributed by atoms with Gasteiger partial charge in [0.1, 0.15) is 11.4 Å². The van der Waals surface area contributed by atoms with Crippen LogP contribution in [0.1, 0.15) is 17.3 Å². The van der Waals surface area contributed by atoms with Gasteiger partial charge in [-0.2, -0.15) is 0 Å². The maximum atomic E-state index is 5.61. The van der Waals surface area contributed by atoms with Gasteiger partial charge in [-0.1, -0.05) is 30.3 Å². The molecule has 4 heteroatoms. The molecule has 0 radical (unpaired) electrons. The minimum atomic E-state index is -0.174. The molecular weight excluding hydrogens is 214 g/mol. The molecule has 4 nitrogen and oxygen atoms in total. The van der Waals surface area contributed by atoms with Gasteiger partial charge in [-0.25, -0.2) is 5.43 Å². The highest BCUT2D eigenvalue weighted by atomic mass is 16.5. The van der Waals surface area contributed by atoms with Crippen molar-refractivity contribution in [3.05, 3.63) is 59.9 Å². The second-order valence-electron chi connectivity index (χ2n) is 3.60. The van der Waals surface area contributed by atoms with Crippen LogP contribution in [-0.2, 0) is 0 Å². The summed E-state index contributed by atoms with van der Waals surface area (Å²) in [7, 11) is 1.62. The number of hydrogen-bond donors (Lipinski definition) is 2. The summed E-state index contributed by atoms with van der Waals surface area (Å²) >= 11 is 0. The quantitative estimate of drug-likeness (QED) is 0.618. The van der Waals surface area contributed by atoms with Crippen LogP contribution in [0.15, 0.2) is 48.7 Å². The van der Waals surface area contributed by atoms with Crippen molar-refractivity contribution in [2.75, 3.05) is 7.11 Å². The fourth-order valence-corrected chi connectivity index (χ4v) is 1.77. The van der Waals surface area contributed by atoms with Crippen LogP contribution < -0.4 is 16.0 Å². The molecule has 1 heterocycles. The molecule has 1 aromatic carbocycles. The molecule has 0 fully saturated rings. The van der Waals surface area contributed by atoms with Gasteiger partial charge < -0.3 is 4.74 Å². The van der Waals surface area contributed by atoms with Gasteiger partial charge in [-0.3, -0.25) is 10.8 Å². The lowest BCUT2D eigenvalue weighted by Gasteiger charge is -2.18. The molecule has 0 saturated heterocycles. The molecule has 0 aliphatic rings. The summed E-state index contributed by atoms with van der Waals surface area (Å²) < 4.78 is 5.29. The average Bonchev–Trinajstić information content (AvgIpc) is 2.41. The maximum absolute atomic E-state index is 5.61. The van der Waals surface area contributed by atoms with Crippen molar-refractivity contribution >= 4 is 0 Å². The van der Waals surface area contributed by atoms with Crippen molar-refractivity contribution in [2.24, 2.45) is 5.84 Å². The lowest BCUT2D eigenvalue weighted by atomic mass is 10.0. The maximum Gasteiger partial charge on any atom is 0.142 e. The van der Waals surface area contributed by atoms with Crippen LogP contribution in [0.3, 0.4) is 0 Å². The number of pyridine rings is 1. The Balaban J connectivity index is 2.42. The molecule has 0 spiro atoms. The van der Waals surface area contributed by atoms with E-state index < -0.39 is 0 Å². The minimum absolute atomic E-state index is 0.174. The molecular formula is C13H15N3O. The van der Waals surface area contributed by atoms with Crippen molar-refractivity contribution in [3.8, 4) is 5.75 Å². The van der Waals surface area contributed by atoms with Gasteiger partial charge in [0.15, 0.2) is 0 Å². The van der Waals surface area contributed by atoms with E-state index in [1.54, 1.807) is 13.3 Å². The number of nitrogens with two attached hydrogens (primary N) is 1. The first-order chi connectivity index (χ1) is 8.36. The van der Waals surface area contributed by atoms with Gasteiger partial charge in [-0.05, 0) is 17.7 Å². The van der Waals surface area contributed by atoms with E-state index in [9.17, 15) is 0 Å². The first-order valence-corrected chi connectivity index (χ1v) is 5.36. The highest BCUT2D eigenvalue weighted by Crippen LogP contribution is 2.26. The zero-order valence-electron chi connectivity index (χ0n) is 9.63. The standard InChI is InChI=1S/C13H15N3O/c1-17-11-8-5-9-15-13(11)12(16-14)10-6-3-2-4-7-10/h2-9,12,16H,14H2,1H3. The number of rotatable bonds is 4. The van der Waals surface area contributed by atoms with E-state index in [0.717, 1.165) is 17.0 Å². The molecule has 2 rings (SSSR count). The topological polar surface area (TPSA) is 60.2 Å². The smallest absolute Gasteiger partial charge is 0.142 e. The number of benzene rings is 1. The van der Waals surface area contributed by atoms with Crippen molar-refractivity contribution < 1.29 is 4.74 Å². The Labute approximate surface area is 100 Å². The van der Waals surface area contributed by atoms with Crippen LogP contribution in [0, 0.1) is 0 Å². The number of aromatic nitrogens is 1. The second kappa shape index (κ2) is 5.43. The average molecular weight is 229 g/mol. The summed E-state index contributed by atoms with van der Waals surface area (Å²) in [5.41, 5.74) is 4.60. The van der Waals surface area contributed by atoms with Gasteiger partial charge in [0.25, 0.3) is 0 Å². The Morgan fingerprint density at radius 2 is 1.94 bits per heavy atom. The Morgan fingerprint density at radius 1 is 1.18 bits per heavy atom. The number of methoxy groups -OCH3 is 1. The molecule has 88 valence electrons. The van der Waals surface area contributed by atoms with E-state index in [1.807, 2.05) is 42.5 Å². The van der Waals surface area contributed by atoms with E-state index in [2.05, 4.69) is 10.4 Å². The summed E-state index contributed by atoms with van der Waals surface area (Å²) in [6, 6.07) is 13.4. The third kappa shape index (κ3) is 2.43. The van der Waals surface area contributed by atoms with E-state index in [1.165, 1.54) is 0 Å². The summed E-state index contributed by atoms with van der Waals surface area (Å²) in [6.45, 7) is 0. The number of hydrogen-bond acceptors (Lipinski definition) is 4. The molecule has 0 aliphatic carbocycles. The van der Waals surface area contributed by atoms with Crippen LogP contribution in [-0.4, -0.2) is 12.1 Å². The predicted octanol–water partition coefficient (Wildman–Crippen LogP) is 1.64. The molecule has 2 aromatic rings. The highest BCUT2D eigenvalue weighted by Gasteiger charge is 2.17. The largest absolute Gasteiger partial charge is 0.495 e. The van der Waals surface area contributed by atoms with Crippen molar-refractivity contribution in [1.82, 2.24) is 10.4 Å². The lowest BCUT2D eigenvalue weighted by Crippen LogP contribution is -2.29. The van der Waals surface area contributed by atoms with Gasteiger partial charge in [0.05, 0.1) is 13.2 Å². The van der Waals surface area contributed by atoms with Crippen LogP contribution in [0.25, 0.3) is 0 Å². The van der Waals surface area contributed by atoms with Gasteiger partial charge in [-0.15, -0.1) is 0 Å². The van der Waals surface area contributed by atoms with Crippen LogP contribution >= 0.6 is 0 Å². The molecule has 1 unspecified atom stereocenters. The second-order valence-corrected chi connectivity index (χ2v) is 3.60. The first-order valence-electron chi connectivity index (χ1n) is 5.36. The number of nitrogens with one attached hydrogen (secondary N) is 1. The van der Waals surface area contributed by atoms with E-state index >= 15 is 0 Å². The first kappa shape index (κ1) is 11.6. The van der Waals surface area contributed by atoms with Crippen molar-refractivity contribution in [1.29, 1.82) is 0 Å². The van der Waals surface area contributed by atoms with Gasteiger partial charge in [0.2, 0.25) is 0 Å².